The van der Waals surface area contributed by atoms with Gasteiger partial charge in [-0.1, -0.05) is 0 Å². The van der Waals surface area contributed by atoms with Gasteiger partial charge in [-0.05, 0) is 13.3 Å². The van der Waals surface area contributed by atoms with E-state index in [0.29, 0.717) is 16.9 Å². The van der Waals surface area contributed by atoms with Gasteiger partial charge in [-0.25, -0.2) is 4.52 Å². The van der Waals surface area contributed by atoms with Crippen LogP contribution in [-0.2, 0) is 11.2 Å². The third-order valence-electron chi connectivity index (χ3n) is 2.55. The van der Waals surface area contributed by atoms with Gasteiger partial charge >= 0.3 is 5.97 Å². The minimum absolute atomic E-state index is 0.124. The van der Waals surface area contributed by atoms with Gasteiger partial charge in [-0.3, -0.25) is 19.5 Å². The van der Waals surface area contributed by atoms with Crippen LogP contribution in [0.2, 0.25) is 0 Å². The monoisotopic (exact) mass is 237 g/mol. The van der Waals surface area contributed by atoms with E-state index in [0.717, 1.165) is 4.52 Å². The van der Waals surface area contributed by atoms with Crippen molar-refractivity contribution in [2.75, 3.05) is 0 Å². The van der Waals surface area contributed by atoms with E-state index in [9.17, 15) is 14.4 Å². The molecule has 90 valence electrons. The molecule has 17 heavy (non-hydrogen) atoms. The van der Waals surface area contributed by atoms with Gasteiger partial charge in [0, 0.05) is 23.7 Å². The van der Waals surface area contributed by atoms with Gasteiger partial charge in [0.25, 0.3) is 11.1 Å². The van der Waals surface area contributed by atoms with E-state index in [1.807, 2.05) is 0 Å². The largest absolute Gasteiger partial charge is 0.481 e. The maximum absolute atomic E-state index is 12.0. The molecule has 0 atom stereocenters. The number of aryl methyl sites for hydroxylation is 1. The fourth-order valence-corrected chi connectivity index (χ4v) is 1.73. The summed E-state index contributed by atoms with van der Waals surface area (Å²) in [6.45, 7) is 1.68. The number of hydrogen-bond acceptors (Lipinski definition) is 3. The Labute approximate surface area is 94.7 Å². The Kier molecular flexibility index (Phi) is 2.58. The quantitative estimate of drug-likeness (QED) is 0.677. The lowest BCUT2D eigenvalue weighted by Gasteiger charge is -2.04. The van der Waals surface area contributed by atoms with Crippen LogP contribution in [0.4, 0.5) is 0 Å². The van der Waals surface area contributed by atoms with Crippen molar-refractivity contribution in [3.8, 4) is 0 Å². The summed E-state index contributed by atoms with van der Waals surface area (Å²) in [6.07, 6.45) is 0.00752. The maximum atomic E-state index is 12.0. The van der Waals surface area contributed by atoms with Crippen LogP contribution in [-0.4, -0.2) is 25.7 Å². The van der Waals surface area contributed by atoms with Crippen molar-refractivity contribution in [2.45, 2.75) is 19.8 Å². The number of aliphatic carboxylic acids is 1. The molecule has 3 N–H and O–H groups in total. The molecule has 7 heteroatoms. The first-order chi connectivity index (χ1) is 7.99. The molecule has 2 heterocycles. The number of nitrogens with one attached hydrogen (secondary N) is 2. The van der Waals surface area contributed by atoms with E-state index in [1.165, 1.54) is 6.07 Å². The van der Waals surface area contributed by atoms with Crippen LogP contribution in [0.15, 0.2) is 15.7 Å². The fourth-order valence-electron chi connectivity index (χ4n) is 1.73. The molecule has 0 amide bonds. The second-order valence-electron chi connectivity index (χ2n) is 3.77. The first-order valence-electron chi connectivity index (χ1n) is 5.04. The fraction of sp³-hybridized carbons (Fsp3) is 0.300. The number of carboxylic acids is 1. The molecule has 0 spiro atoms. The van der Waals surface area contributed by atoms with Gasteiger partial charge < -0.3 is 10.1 Å². The van der Waals surface area contributed by atoms with Gasteiger partial charge in [-0.15, -0.1) is 0 Å². The summed E-state index contributed by atoms with van der Waals surface area (Å²) in [5, 5.41) is 10.9. The molecule has 0 aliphatic carbocycles. The van der Waals surface area contributed by atoms with Gasteiger partial charge in [0.2, 0.25) is 0 Å². The first-order valence-corrected chi connectivity index (χ1v) is 5.04. The molecule has 0 aromatic carbocycles. The Balaban J connectivity index is 2.59. The highest BCUT2D eigenvalue weighted by atomic mass is 16.4. The number of carbonyl (C=O) groups is 1. The number of rotatable bonds is 3. The second-order valence-corrected chi connectivity index (χ2v) is 3.77. The van der Waals surface area contributed by atoms with Crippen molar-refractivity contribution in [1.29, 1.82) is 0 Å². The lowest BCUT2D eigenvalue weighted by molar-refractivity contribution is -0.136. The molecular weight excluding hydrogens is 226 g/mol. The Morgan fingerprint density at radius 1 is 1.47 bits per heavy atom. The molecule has 0 radical (unpaired) electrons. The van der Waals surface area contributed by atoms with Crippen LogP contribution in [0.3, 0.4) is 0 Å². The number of fused-ring (bicyclic) bond motifs is 1. The van der Waals surface area contributed by atoms with Crippen molar-refractivity contribution < 1.29 is 9.90 Å². The predicted molar refractivity (Wildman–Crippen MR) is 59.3 cm³/mol. The molecule has 0 saturated carbocycles. The summed E-state index contributed by atoms with van der Waals surface area (Å²) in [7, 11) is 0. The van der Waals surface area contributed by atoms with Crippen molar-refractivity contribution >= 4 is 11.6 Å². The normalized spacial score (nSPS) is 10.9. The molecule has 2 aromatic rings. The van der Waals surface area contributed by atoms with Crippen molar-refractivity contribution in [1.82, 2.24) is 14.6 Å². The molecule has 2 aromatic heterocycles. The summed E-state index contributed by atoms with van der Waals surface area (Å²) in [6, 6.07) is 1.27. The van der Waals surface area contributed by atoms with E-state index in [-0.39, 0.29) is 24.0 Å². The molecule has 0 unspecified atom stereocenters. The zero-order chi connectivity index (χ0) is 12.6. The number of H-pyrrole nitrogens is 2. The van der Waals surface area contributed by atoms with E-state index in [1.54, 1.807) is 6.92 Å². The van der Waals surface area contributed by atoms with E-state index in [4.69, 9.17) is 5.11 Å². The highest BCUT2D eigenvalue weighted by molar-refractivity contribution is 5.67. The minimum atomic E-state index is -0.968. The molecular formula is C10H11N3O4. The van der Waals surface area contributed by atoms with Crippen molar-refractivity contribution in [3.05, 3.63) is 38.0 Å². The lowest BCUT2D eigenvalue weighted by atomic mass is 10.1. The molecule has 0 aliphatic rings. The lowest BCUT2D eigenvalue weighted by Crippen LogP contribution is -2.23. The Bertz CT molecular complexity index is 692. The number of nitrogens with zero attached hydrogens (tertiary/aromatic N) is 1. The highest BCUT2D eigenvalue weighted by Gasteiger charge is 2.11. The smallest absolute Gasteiger partial charge is 0.303 e. The Hall–Kier alpha value is -2.31. The van der Waals surface area contributed by atoms with Crippen LogP contribution in [0, 0.1) is 6.92 Å². The summed E-state index contributed by atoms with van der Waals surface area (Å²) in [5.74, 6) is -0.968. The number of carboxylic acid groups (broad SMARTS) is 1. The van der Waals surface area contributed by atoms with Gasteiger partial charge in [0.15, 0.2) is 0 Å². The summed E-state index contributed by atoms with van der Waals surface area (Å²) >= 11 is 0. The molecule has 0 fully saturated rings. The third-order valence-corrected chi connectivity index (χ3v) is 2.55. The molecule has 0 saturated heterocycles. The summed E-state index contributed by atoms with van der Waals surface area (Å²) < 4.78 is 1.09. The summed E-state index contributed by atoms with van der Waals surface area (Å²) in [4.78, 5) is 36.4. The van der Waals surface area contributed by atoms with E-state index in [2.05, 4.69) is 10.1 Å². The minimum Gasteiger partial charge on any atom is -0.481 e. The van der Waals surface area contributed by atoms with E-state index < -0.39 is 5.97 Å². The molecule has 2 rings (SSSR count). The van der Waals surface area contributed by atoms with Gasteiger partial charge in [-0.2, -0.15) is 0 Å². The SMILES string of the molecule is Cc1[nH]c2cc(=O)[nH]n2c(=O)c1CCC(=O)O. The van der Waals surface area contributed by atoms with Crippen LogP contribution >= 0.6 is 0 Å². The van der Waals surface area contributed by atoms with Crippen molar-refractivity contribution in [2.24, 2.45) is 0 Å². The average Bonchev–Trinajstić information content (AvgIpc) is 2.58. The number of aromatic nitrogens is 3. The molecule has 0 aliphatic heterocycles. The van der Waals surface area contributed by atoms with Gasteiger partial charge in [0.1, 0.15) is 5.65 Å². The maximum Gasteiger partial charge on any atom is 0.303 e. The first kappa shape index (κ1) is 11.2. The van der Waals surface area contributed by atoms with Gasteiger partial charge in [0.05, 0.1) is 0 Å². The standard InChI is InChI=1S/C10H11N3O4/c1-5-6(2-3-9(15)16)10(17)13-7(11-5)4-8(14)12-13/h4,11H,2-3H2,1H3,(H,12,14)(H,15,16). The Morgan fingerprint density at radius 2 is 2.18 bits per heavy atom. The zero-order valence-corrected chi connectivity index (χ0v) is 9.11. The van der Waals surface area contributed by atoms with Crippen LogP contribution < -0.4 is 11.1 Å². The van der Waals surface area contributed by atoms with Crippen LogP contribution in [0.1, 0.15) is 17.7 Å². The topological polar surface area (TPSA) is 107 Å². The van der Waals surface area contributed by atoms with Crippen LogP contribution in [0.25, 0.3) is 5.65 Å². The predicted octanol–water partition coefficient (Wildman–Crippen LogP) is -0.358. The summed E-state index contributed by atoms with van der Waals surface area (Å²) in [5.41, 5.74) is 0.548. The Morgan fingerprint density at radius 3 is 2.82 bits per heavy atom. The van der Waals surface area contributed by atoms with Crippen molar-refractivity contribution in [3.63, 3.8) is 0 Å². The molecule has 0 bridgehead atoms. The molecule has 7 nitrogen and oxygen atoms in total. The average molecular weight is 237 g/mol. The highest BCUT2D eigenvalue weighted by Crippen LogP contribution is 2.04. The number of aromatic amines is 2. The van der Waals surface area contributed by atoms with Crippen LogP contribution in [0.5, 0.6) is 0 Å². The second kappa shape index (κ2) is 3.93. The number of hydrogen-bond donors (Lipinski definition) is 3. The van der Waals surface area contributed by atoms with E-state index >= 15 is 0 Å². The zero-order valence-electron chi connectivity index (χ0n) is 9.11. The third kappa shape index (κ3) is 1.99.